The van der Waals surface area contributed by atoms with Gasteiger partial charge in [0.15, 0.2) is 12.4 Å². The molecule has 9 heteroatoms. The number of amides is 1. The Bertz CT molecular complexity index is 647. The Morgan fingerprint density at radius 3 is 2.85 bits per heavy atom. The summed E-state index contributed by atoms with van der Waals surface area (Å²) < 4.78 is 19.6. The zero-order chi connectivity index (χ0) is 14.7. The van der Waals surface area contributed by atoms with Crippen molar-refractivity contribution >= 4 is 29.1 Å². The van der Waals surface area contributed by atoms with Gasteiger partial charge in [0.2, 0.25) is 0 Å². The molecule has 2 aromatic rings. The first-order valence-electron chi connectivity index (χ1n) is 5.33. The van der Waals surface area contributed by atoms with Crippen molar-refractivity contribution in [1.82, 2.24) is 15.2 Å². The molecule has 2 rings (SSSR count). The highest BCUT2D eigenvalue weighted by Gasteiger charge is 2.14. The maximum Gasteiger partial charge on any atom is 0.287 e. The van der Waals surface area contributed by atoms with Crippen molar-refractivity contribution in [2.45, 2.75) is 6.73 Å². The van der Waals surface area contributed by atoms with Crippen molar-refractivity contribution in [2.75, 3.05) is 0 Å². The lowest BCUT2D eigenvalue weighted by atomic mass is 10.3. The van der Waals surface area contributed by atoms with Gasteiger partial charge in [0.1, 0.15) is 11.6 Å². The highest BCUT2D eigenvalue weighted by atomic mass is 35.5. The summed E-state index contributed by atoms with van der Waals surface area (Å²) in [7, 11) is 0. The molecule has 3 N–H and O–H groups in total. The molecule has 0 unspecified atom stereocenters. The highest BCUT2D eigenvalue weighted by Crippen LogP contribution is 2.21. The van der Waals surface area contributed by atoms with E-state index in [1.165, 1.54) is 29.1 Å². The van der Waals surface area contributed by atoms with Crippen molar-refractivity contribution in [3.63, 3.8) is 0 Å². The molecule has 0 radical (unpaired) electrons. The van der Waals surface area contributed by atoms with Gasteiger partial charge >= 0.3 is 0 Å². The lowest BCUT2D eigenvalue weighted by Gasteiger charge is -2.06. The molecule has 0 atom stereocenters. The number of hydrogen-bond donors (Lipinski definition) is 2. The number of nitrogens with zero attached hydrogens (tertiary/aromatic N) is 2. The first-order chi connectivity index (χ1) is 9.51. The van der Waals surface area contributed by atoms with Crippen LogP contribution in [0.4, 0.5) is 4.39 Å². The number of halogens is 3. The predicted octanol–water partition coefficient (Wildman–Crippen LogP) is 1.97. The quantitative estimate of drug-likeness (QED) is 0.513. The van der Waals surface area contributed by atoms with Crippen LogP contribution in [-0.2, 0) is 6.73 Å². The Morgan fingerprint density at radius 2 is 2.20 bits per heavy atom. The van der Waals surface area contributed by atoms with E-state index in [0.29, 0.717) is 5.75 Å². The lowest BCUT2D eigenvalue weighted by Crippen LogP contribution is -2.30. The smallest absolute Gasteiger partial charge is 0.287 e. The van der Waals surface area contributed by atoms with Crippen LogP contribution in [0.3, 0.4) is 0 Å². The number of hydrogen-bond acceptors (Lipinski definition) is 4. The molecule has 0 bridgehead atoms. The normalized spacial score (nSPS) is 10.4. The zero-order valence-electron chi connectivity index (χ0n) is 9.94. The molecule has 0 aliphatic rings. The summed E-state index contributed by atoms with van der Waals surface area (Å²) in [6, 6.07) is 3.93. The summed E-state index contributed by atoms with van der Waals surface area (Å²) >= 11 is 11.4. The van der Waals surface area contributed by atoms with Gasteiger partial charge in [-0.2, -0.15) is 5.10 Å². The molecule has 1 aromatic carbocycles. The minimum Gasteiger partial charge on any atom is -0.471 e. The topological polar surface area (TPSA) is 82.2 Å². The highest BCUT2D eigenvalue weighted by molar-refractivity contribution is 6.33. The zero-order valence-corrected chi connectivity index (χ0v) is 11.5. The monoisotopic (exact) mass is 318 g/mol. The second-order valence-electron chi connectivity index (χ2n) is 3.69. The van der Waals surface area contributed by atoms with Crippen LogP contribution in [0.5, 0.6) is 5.75 Å². The minimum atomic E-state index is -0.612. The van der Waals surface area contributed by atoms with Crippen LogP contribution in [0.25, 0.3) is 0 Å². The molecule has 0 saturated heterocycles. The molecule has 0 aliphatic carbocycles. The molecule has 1 heterocycles. The largest absolute Gasteiger partial charge is 0.471 e. The van der Waals surface area contributed by atoms with E-state index in [0.717, 1.165) is 0 Å². The summed E-state index contributed by atoms with van der Waals surface area (Å²) in [5.41, 5.74) is 1.91. The predicted molar refractivity (Wildman–Crippen MR) is 70.9 cm³/mol. The summed E-state index contributed by atoms with van der Waals surface area (Å²) in [5, 5.41) is 3.98. The van der Waals surface area contributed by atoms with Gasteiger partial charge < -0.3 is 4.74 Å². The van der Waals surface area contributed by atoms with Crippen LogP contribution in [-0.4, -0.2) is 15.7 Å². The van der Waals surface area contributed by atoms with Crippen molar-refractivity contribution in [2.24, 2.45) is 5.84 Å². The Morgan fingerprint density at radius 1 is 1.45 bits per heavy atom. The Balaban J connectivity index is 2.07. The number of hydrazine groups is 1. The summed E-state index contributed by atoms with van der Waals surface area (Å²) in [5.74, 6) is 4.19. The van der Waals surface area contributed by atoms with E-state index in [2.05, 4.69) is 5.10 Å². The van der Waals surface area contributed by atoms with Gasteiger partial charge in [-0.15, -0.1) is 0 Å². The summed E-state index contributed by atoms with van der Waals surface area (Å²) in [4.78, 5) is 11.3. The third kappa shape index (κ3) is 3.19. The number of rotatable bonds is 4. The van der Waals surface area contributed by atoms with E-state index < -0.39 is 11.7 Å². The van der Waals surface area contributed by atoms with Gasteiger partial charge in [0.25, 0.3) is 5.91 Å². The van der Waals surface area contributed by atoms with Gasteiger partial charge in [0, 0.05) is 12.3 Å². The van der Waals surface area contributed by atoms with Crippen LogP contribution in [0, 0.1) is 5.82 Å². The van der Waals surface area contributed by atoms with E-state index in [1.807, 2.05) is 5.43 Å². The van der Waals surface area contributed by atoms with E-state index >= 15 is 0 Å². The van der Waals surface area contributed by atoms with Crippen molar-refractivity contribution < 1.29 is 13.9 Å². The molecule has 1 amide bonds. The Kier molecular flexibility index (Phi) is 4.43. The van der Waals surface area contributed by atoms with Gasteiger partial charge in [-0.1, -0.05) is 23.2 Å². The maximum absolute atomic E-state index is 13.0. The SMILES string of the molecule is NNC(=O)c1nn(COc2ccc(F)c(Cl)c2)cc1Cl. The van der Waals surface area contributed by atoms with Crippen LogP contribution in [0.15, 0.2) is 24.4 Å². The van der Waals surface area contributed by atoms with Crippen LogP contribution in [0.1, 0.15) is 10.5 Å². The van der Waals surface area contributed by atoms with Crippen molar-refractivity contribution in [3.05, 3.63) is 46.0 Å². The molecule has 106 valence electrons. The number of aromatic nitrogens is 2. The van der Waals surface area contributed by atoms with Crippen LogP contribution in [0.2, 0.25) is 10.0 Å². The Labute approximate surface area is 123 Å². The Hall–Kier alpha value is -1.83. The third-order valence-corrected chi connectivity index (χ3v) is 2.88. The average Bonchev–Trinajstić information content (AvgIpc) is 2.80. The maximum atomic E-state index is 13.0. The summed E-state index contributed by atoms with van der Waals surface area (Å²) in [6.07, 6.45) is 1.40. The lowest BCUT2D eigenvalue weighted by molar-refractivity contribution is 0.0946. The molecule has 0 aliphatic heterocycles. The van der Waals surface area contributed by atoms with Crippen LogP contribution < -0.4 is 16.0 Å². The number of carbonyl (C=O) groups excluding carboxylic acids is 1. The first kappa shape index (κ1) is 14.6. The molecule has 0 saturated carbocycles. The van der Waals surface area contributed by atoms with Crippen molar-refractivity contribution in [1.29, 1.82) is 0 Å². The number of nitrogen functional groups attached to an aromatic ring is 1. The molecule has 0 spiro atoms. The third-order valence-electron chi connectivity index (χ3n) is 2.32. The fraction of sp³-hybridized carbons (Fsp3) is 0.0909. The summed E-state index contributed by atoms with van der Waals surface area (Å²) in [6.45, 7) is -0.0282. The van der Waals surface area contributed by atoms with E-state index in [1.54, 1.807) is 0 Å². The second kappa shape index (κ2) is 6.08. The minimum absolute atomic E-state index is 0.0186. The molecular formula is C11H9Cl2FN4O2. The van der Waals surface area contributed by atoms with Crippen molar-refractivity contribution in [3.8, 4) is 5.75 Å². The number of nitrogens with two attached hydrogens (primary N) is 1. The second-order valence-corrected chi connectivity index (χ2v) is 4.50. The fourth-order valence-corrected chi connectivity index (χ4v) is 1.80. The fourth-order valence-electron chi connectivity index (χ4n) is 1.39. The molecule has 20 heavy (non-hydrogen) atoms. The van der Waals surface area contributed by atoms with Gasteiger partial charge in [-0.25, -0.2) is 14.9 Å². The van der Waals surface area contributed by atoms with E-state index in [-0.39, 0.29) is 22.5 Å². The number of carbonyl (C=O) groups is 1. The van der Waals surface area contributed by atoms with Gasteiger partial charge in [-0.3, -0.25) is 10.2 Å². The van der Waals surface area contributed by atoms with E-state index in [9.17, 15) is 9.18 Å². The molecule has 6 nitrogen and oxygen atoms in total. The van der Waals surface area contributed by atoms with Gasteiger partial charge in [-0.05, 0) is 12.1 Å². The molecular weight excluding hydrogens is 310 g/mol. The molecule has 0 fully saturated rings. The van der Waals surface area contributed by atoms with E-state index in [4.69, 9.17) is 33.8 Å². The first-order valence-corrected chi connectivity index (χ1v) is 6.08. The standard InChI is InChI=1S/C11H9Cl2FN4O2/c12-7-3-6(1-2-9(7)14)20-5-18-4-8(13)10(17-18)11(19)16-15/h1-4H,5,15H2,(H,16,19). The average molecular weight is 319 g/mol. The van der Waals surface area contributed by atoms with Gasteiger partial charge in [0.05, 0.1) is 10.0 Å². The molecule has 1 aromatic heterocycles. The number of nitrogens with one attached hydrogen (secondary N) is 1. The van der Waals surface area contributed by atoms with Crippen LogP contribution >= 0.6 is 23.2 Å². The number of benzene rings is 1. The number of ether oxygens (including phenoxy) is 1.